The molecule has 1 aromatic carbocycles. The number of benzene rings is 1. The predicted octanol–water partition coefficient (Wildman–Crippen LogP) is 3.48. The number of thiazole rings is 1. The summed E-state index contributed by atoms with van der Waals surface area (Å²) in [7, 11) is -1.76. The first kappa shape index (κ1) is 19.8. The molecular formula is C18H18ClN3O3S3. The van der Waals surface area contributed by atoms with Gasteiger partial charge in [-0.1, -0.05) is 35.1 Å². The van der Waals surface area contributed by atoms with E-state index in [1.54, 1.807) is 6.07 Å². The van der Waals surface area contributed by atoms with Gasteiger partial charge >= 0.3 is 0 Å². The molecule has 3 aromatic rings. The van der Waals surface area contributed by atoms with Crippen LogP contribution < -0.4 is 4.80 Å². The predicted molar refractivity (Wildman–Crippen MR) is 112 cm³/mol. The van der Waals surface area contributed by atoms with Crippen molar-refractivity contribution in [2.75, 3.05) is 13.1 Å². The van der Waals surface area contributed by atoms with Gasteiger partial charge in [-0.15, -0.1) is 11.3 Å². The van der Waals surface area contributed by atoms with Gasteiger partial charge in [0.25, 0.3) is 15.9 Å². The van der Waals surface area contributed by atoms with Crippen LogP contribution in [0.15, 0.2) is 45.6 Å². The number of aryl methyl sites for hydroxylation is 1. The lowest BCUT2D eigenvalue weighted by atomic mass is 9.99. The molecule has 1 unspecified atom stereocenters. The molecule has 0 aliphatic carbocycles. The van der Waals surface area contributed by atoms with Gasteiger partial charge in [0.15, 0.2) is 4.80 Å². The molecule has 0 spiro atoms. The Morgan fingerprint density at radius 2 is 2.00 bits per heavy atom. The van der Waals surface area contributed by atoms with E-state index in [2.05, 4.69) is 4.99 Å². The largest absolute Gasteiger partial charge is 0.319 e. The number of piperidine rings is 1. The first-order valence-corrected chi connectivity index (χ1v) is 12.2. The Kier molecular flexibility index (Phi) is 5.45. The monoisotopic (exact) mass is 455 g/mol. The summed E-state index contributed by atoms with van der Waals surface area (Å²) < 4.78 is 30.6. The van der Waals surface area contributed by atoms with Gasteiger partial charge < -0.3 is 4.57 Å². The minimum atomic E-state index is -3.64. The second-order valence-corrected chi connectivity index (χ2v) is 11.5. The summed E-state index contributed by atoms with van der Waals surface area (Å²) in [4.78, 5) is 17.7. The Morgan fingerprint density at radius 3 is 2.71 bits per heavy atom. The van der Waals surface area contributed by atoms with Crippen LogP contribution in [0.2, 0.25) is 4.34 Å². The van der Waals surface area contributed by atoms with E-state index in [0.717, 1.165) is 21.6 Å². The normalized spacial score (nSPS) is 19.4. The number of rotatable bonds is 3. The minimum absolute atomic E-state index is 0.148. The average Bonchev–Trinajstić information content (AvgIpc) is 3.26. The van der Waals surface area contributed by atoms with Crippen LogP contribution in [0.1, 0.15) is 12.8 Å². The Balaban J connectivity index is 1.59. The molecule has 4 rings (SSSR count). The minimum Gasteiger partial charge on any atom is -0.319 e. The van der Waals surface area contributed by atoms with E-state index in [1.807, 2.05) is 35.9 Å². The highest BCUT2D eigenvalue weighted by Gasteiger charge is 2.34. The van der Waals surface area contributed by atoms with Crippen LogP contribution in [-0.4, -0.2) is 36.3 Å². The van der Waals surface area contributed by atoms with Crippen LogP contribution in [0.4, 0.5) is 0 Å². The average molecular weight is 456 g/mol. The summed E-state index contributed by atoms with van der Waals surface area (Å²) in [5.41, 5.74) is 1.02. The van der Waals surface area contributed by atoms with Crippen LogP contribution in [0.25, 0.3) is 10.2 Å². The van der Waals surface area contributed by atoms with Crippen molar-refractivity contribution in [3.8, 4) is 0 Å². The lowest BCUT2D eigenvalue weighted by Crippen LogP contribution is -2.42. The lowest BCUT2D eigenvalue weighted by molar-refractivity contribution is -0.122. The molecule has 0 N–H and O–H groups in total. The number of fused-ring (bicyclic) bond motifs is 1. The van der Waals surface area contributed by atoms with Crippen molar-refractivity contribution < 1.29 is 13.2 Å². The zero-order chi connectivity index (χ0) is 19.9. The number of thiophene rings is 1. The first-order chi connectivity index (χ1) is 13.4. The molecule has 10 heteroatoms. The number of para-hydroxylation sites is 1. The number of aromatic nitrogens is 1. The number of halogens is 1. The molecule has 148 valence electrons. The third-order valence-electron chi connectivity index (χ3n) is 4.80. The van der Waals surface area contributed by atoms with E-state index in [9.17, 15) is 13.2 Å². The molecule has 28 heavy (non-hydrogen) atoms. The van der Waals surface area contributed by atoms with Crippen molar-refractivity contribution in [1.29, 1.82) is 0 Å². The molecule has 1 amide bonds. The third-order valence-corrected chi connectivity index (χ3v) is 9.47. The second-order valence-electron chi connectivity index (χ2n) is 6.62. The van der Waals surface area contributed by atoms with Crippen LogP contribution in [0.3, 0.4) is 0 Å². The van der Waals surface area contributed by atoms with Crippen LogP contribution in [-0.2, 0) is 21.9 Å². The summed E-state index contributed by atoms with van der Waals surface area (Å²) in [5, 5.41) is 0. The Hall–Kier alpha value is -1.52. The molecule has 0 bridgehead atoms. The maximum absolute atomic E-state index is 12.8. The molecule has 1 aliphatic rings. The number of hydrogen-bond acceptors (Lipinski definition) is 5. The van der Waals surface area contributed by atoms with Crippen molar-refractivity contribution >= 4 is 60.4 Å². The maximum Gasteiger partial charge on any atom is 0.252 e. The van der Waals surface area contributed by atoms with Gasteiger partial charge in [-0.3, -0.25) is 4.79 Å². The van der Waals surface area contributed by atoms with Crippen molar-refractivity contribution in [2.24, 2.45) is 18.0 Å². The van der Waals surface area contributed by atoms with Crippen molar-refractivity contribution in [2.45, 2.75) is 17.1 Å². The molecule has 6 nitrogen and oxygen atoms in total. The van der Waals surface area contributed by atoms with Gasteiger partial charge in [0.1, 0.15) is 4.21 Å². The number of carbonyl (C=O) groups excluding carboxylic acids is 1. The summed E-state index contributed by atoms with van der Waals surface area (Å²) in [5.74, 6) is -0.713. The van der Waals surface area contributed by atoms with Gasteiger partial charge in [0.2, 0.25) is 0 Å². The third kappa shape index (κ3) is 3.69. The van der Waals surface area contributed by atoms with Gasteiger partial charge in [0, 0.05) is 20.1 Å². The topological polar surface area (TPSA) is 71.7 Å². The molecule has 0 radical (unpaired) electrons. The number of hydrogen-bond donors (Lipinski definition) is 0. The fourth-order valence-corrected chi connectivity index (χ4v) is 7.48. The molecular weight excluding hydrogens is 438 g/mol. The standard InChI is InChI=1S/C18H18ClN3O3S3/c1-21-13-6-2-3-7-14(13)26-18(21)20-17(23)12-5-4-10-22(11-12)28(24,25)16-9-8-15(19)27-16/h2-3,6-9,12H,4-5,10-11H2,1H3. The lowest BCUT2D eigenvalue weighted by Gasteiger charge is -2.29. The van der Waals surface area contributed by atoms with E-state index in [1.165, 1.54) is 21.7 Å². The summed E-state index contributed by atoms with van der Waals surface area (Å²) >= 11 is 8.37. The van der Waals surface area contributed by atoms with E-state index < -0.39 is 15.9 Å². The quantitative estimate of drug-likeness (QED) is 0.607. The van der Waals surface area contributed by atoms with Gasteiger partial charge in [0.05, 0.1) is 20.5 Å². The highest BCUT2D eigenvalue weighted by Crippen LogP contribution is 2.30. The van der Waals surface area contributed by atoms with E-state index in [0.29, 0.717) is 28.5 Å². The van der Waals surface area contributed by atoms with E-state index >= 15 is 0 Å². The maximum atomic E-state index is 12.8. The van der Waals surface area contributed by atoms with Gasteiger partial charge in [-0.05, 0) is 37.1 Å². The zero-order valence-corrected chi connectivity index (χ0v) is 18.2. The highest BCUT2D eigenvalue weighted by atomic mass is 35.5. The van der Waals surface area contributed by atoms with Gasteiger partial charge in [-0.2, -0.15) is 9.30 Å². The molecule has 2 aromatic heterocycles. The van der Waals surface area contributed by atoms with E-state index in [-0.39, 0.29) is 16.7 Å². The molecule has 1 atom stereocenters. The summed E-state index contributed by atoms with van der Waals surface area (Å²) in [6.45, 7) is 0.549. The number of amides is 1. The molecule has 1 saturated heterocycles. The van der Waals surface area contributed by atoms with Crippen molar-refractivity contribution in [1.82, 2.24) is 8.87 Å². The van der Waals surface area contributed by atoms with Crippen LogP contribution >= 0.6 is 34.3 Å². The second kappa shape index (κ2) is 7.72. The van der Waals surface area contributed by atoms with Crippen molar-refractivity contribution in [3.63, 3.8) is 0 Å². The number of nitrogens with zero attached hydrogens (tertiary/aromatic N) is 3. The highest BCUT2D eigenvalue weighted by molar-refractivity contribution is 7.91. The summed E-state index contributed by atoms with van der Waals surface area (Å²) in [6, 6.07) is 10.9. The van der Waals surface area contributed by atoms with Crippen LogP contribution in [0, 0.1) is 5.92 Å². The Morgan fingerprint density at radius 1 is 1.21 bits per heavy atom. The molecule has 0 saturated carbocycles. The van der Waals surface area contributed by atoms with Crippen molar-refractivity contribution in [3.05, 3.63) is 45.5 Å². The molecule has 3 heterocycles. The Labute approximate surface area is 175 Å². The smallest absolute Gasteiger partial charge is 0.252 e. The van der Waals surface area contributed by atoms with Crippen LogP contribution in [0.5, 0.6) is 0 Å². The van der Waals surface area contributed by atoms with Gasteiger partial charge in [-0.25, -0.2) is 8.42 Å². The summed E-state index contributed by atoms with van der Waals surface area (Å²) in [6.07, 6.45) is 1.26. The molecule has 1 fully saturated rings. The zero-order valence-electron chi connectivity index (χ0n) is 15.0. The Bertz CT molecular complexity index is 1210. The first-order valence-electron chi connectivity index (χ1n) is 8.75. The molecule has 1 aliphatic heterocycles. The number of carbonyl (C=O) groups is 1. The van der Waals surface area contributed by atoms with E-state index in [4.69, 9.17) is 11.6 Å². The fraction of sp³-hybridized carbons (Fsp3) is 0.333. The SMILES string of the molecule is Cn1c(=NC(=O)C2CCCN(S(=O)(=O)c3ccc(Cl)s3)C2)sc2ccccc21. The number of sulfonamides is 1. The fourth-order valence-electron chi connectivity index (χ4n) is 3.30.